The smallest absolute Gasteiger partial charge is 0.320 e. The number of carbonyl (C=O) groups is 2. The van der Waals surface area contributed by atoms with Crippen LogP contribution >= 0.6 is 0 Å². The standard InChI is InChI=1S/C9H11F2NO4/c1-15-8(13)6(9(14)16-2)3-5(4-12)7(10)11/h5-7H,3H2,1-2H3. The highest BCUT2D eigenvalue weighted by Gasteiger charge is 2.34. The van der Waals surface area contributed by atoms with Gasteiger partial charge in [-0.15, -0.1) is 0 Å². The summed E-state index contributed by atoms with van der Waals surface area (Å²) in [4.78, 5) is 22.2. The van der Waals surface area contributed by atoms with Gasteiger partial charge in [0.1, 0.15) is 5.92 Å². The third-order valence-electron chi connectivity index (χ3n) is 1.93. The summed E-state index contributed by atoms with van der Waals surface area (Å²) in [5.74, 6) is -5.18. The SMILES string of the molecule is COC(=O)C(CC(C#N)C(F)F)C(=O)OC. The molecule has 0 saturated carbocycles. The Labute approximate surface area is 90.9 Å². The second-order valence-corrected chi connectivity index (χ2v) is 2.90. The monoisotopic (exact) mass is 235 g/mol. The lowest BCUT2D eigenvalue weighted by Gasteiger charge is -2.14. The van der Waals surface area contributed by atoms with E-state index in [9.17, 15) is 18.4 Å². The maximum absolute atomic E-state index is 12.3. The maximum atomic E-state index is 12.3. The molecule has 0 rings (SSSR count). The fourth-order valence-electron chi connectivity index (χ4n) is 1.04. The highest BCUT2D eigenvalue weighted by atomic mass is 19.3. The number of rotatable bonds is 5. The molecular weight excluding hydrogens is 224 g/mol. The Morgan fingerprint density at radius 3 is 1.94 bits per heavy atom. The van der Waals surface area contributed by atoms with Gasteiger partial charge in [-0.3, -0.25) is 9.59 Å². The van der Waals surface area contributed by atoms with E-state index in [0.717, 1.165) is 14.2 Å². The van der Waals surface area contributed by atoms with E-state index in [4.69, 9.17) is 5.26 Å². The number of methoxy groups -OCH3 is 2. The van der Waals surface area contributed by atoms with E-state index in [1.165, 1.54) is 6.07 Å². The molecule has 1 atom stereocenters. The summed E-state index contributed by atoms with van der Waals surface area (Å²) in [5.41, 5.74) is 0. The van der Waals surface area contributed by atoms with Crippen LogP contribution in [0.4, 0.5) is 8.78 Å². The second-order valence-electron chi connectivity index (χ2n) is 2.90. The first-order chi connectivity index (χ1) is 7.47. The largest absolute Gasteiger partial charge is 0.468 e. The van der Waals surface area contributed by atoms with E-state index in [-0.39, 0.29) is 0 Å². The van der Waals surface area contributed by atoms with Crippen LogP contribution in [0.3, 0.4) is 0 Å². The molecule has 90 valence electrons. The molecule has 5 nitrogen and oxygen atoms in total. The molecule has 0 aliphatic heterocycles. The number of ether oxygens (including phenoxy) is 2. The van der Waals surface area contributed by atoms with Crippen LogP contribution in [0, 0.1) is 23.2 Å². The zero-order chi connectivity index (χ0) is 12.7. The molecule has 1 unspecified atom stereocenters. The molecule has 0 N–H and O–H groups in total. The van der Waals surface area contributed by atoms with Crippen molar-refractivity contribution in [2.24, 2.45) is 11.8 Å². The summed E-state index contributed by atoms with van der Waals surface area (Å²) < 4.78 is 33.1. The number of carbonyl (C=O) groups excluding carboxylic acids is 2. The van der Waals surface area contributed by atoms with Crippen molar-refractivity contribution >= 4 is 11.9 Å². The predicted octanol–water partition coefficient (Wildman–Crippen LogP) is 0.744. The molecular formula is C9H11F2NO4. The molecule has 0 amide bonds. The highest BCUT2D eigenvalue weighted by molar-refractivity contribution is 5.94. The highest BCUT2D eigenvalue weighted by Crippen LogP contribution is 2.20. The summed E-state index contributed by atoms with van der Waals surface area (Å²) in [5, 5.41) is 8.42. The molecule has 7 heteroatoms. The Hall–Kier alpha value is -1.71. The Bertz CT molecular complexity index is 284. The molecule has 0 fully saturated rings. The van der Waals surface area contributed by atoms with Crippen molar-refractivity contribution in [3.05, 3.63) is 0 Å². The van der Waals surface area contributed by atoms with Crippen molar-refractivity contribution in [2.45, 2.75) is 12.8 Å². The van der Waals surface area contributed by atoms with Crippen LogP contribution in [-0.2, 0) is 19.1 Å². The van der Waals surface area contributed by atoms with Crippen LogP contribution in [0.2, 0.25) is 0 Å². The van der Waals surface area contributed by atoms with E-state index < -0.39 is 36.6 Å². The predicted molar refractivity (Wildman–Crippen MR) is 47.2 cm³/mol. The molecule has 16 heavy (non-hydrogen) atoms. The van der Waals surface area contributed by atoms with Crippen molar-refractivity contribution in [3.8, 4) is 6.07 Å². The molecule has 0 spiro atoms. The lowest BCUT2D eigenvalue weighted by molar-refractivity contribution is -0.159. The number of halogens is 2. The van der Waals surface area contributed by atoms with Gasteiger partial charge >= 0.3 is 11.9 Å². The Kier molecular flexibility index (Phi) is 6.00. The van der Waals surface area contributed by atoms with Crippen LogP contribution in [0.1, 0.15) is 6.42 Å². The van der Waals surface area contributed by atoms with Crippen LogP contribution in [-0.4, -0.2) is 32.6 Å². The summed E-state index contributed by atoms with van der Waals surface area (Å²) >= 11 is 0. The van der Waals surface area contributed by atoms with Crippen molar-refractivity contribution in [1.29, 1.82) is 5.26 Å². The van der Waals surface area contributed by atoms with Crippen molar-refractivity contribution in [1.82, 2.24) is 0 Å². The van der Waals surface area contributed by atoms with Gasteiger partial charge in [-0.05, 0) is 6.42 Å². The van der Waals surface area contributed by atoms with E-state index in [1.54, 1.807) is 0 Å². The summed E-state index contributed by atoms with van der Waals surface area (Å²) in [6.45, 7) is 0. The minimum atomic E-state index is -2.93. The fraction of sp³-hybridized carbons (Fsp3) is 0.667. The number of alkyl halides is 2. The quantitative estimate of drug-likeness (QED) is 0.519. The van der Waals surface area contributed by atoms with Crippen molar-refractivity contribution in [3.63, 3.8) is 0 Å². The first kappa shape index (κ1) is 14.3. The van der Waals surface area contributed by atoms with Gasteiger partial charge in [0.15, 0.2) is 5.92 Å². The minimum Gasteiger partial charge on any atom is -0.468 e. The number of nitriles is 1. The van der Waals surface area contributed by atoms with Crippen LogP contribution in [0.25, 0.3) is 0 Å². The van der Waals surface area contributed by atoms with Gasteiger partial charge < -0.3 is 9.47 Å². The van der Waals surface area contributed by atoms with Gasteiger partial charge in [0.05, 0.1) is 20.3 Å². The van der Waals surface area contributed by atoms with E-state index in [0.29, 0.717) is 0 Å². The van der Waals surface area contributed by atoms with Crippen LogP contribution in [0.5, 0.6) is 0 Å². The van der Waals surface area contributed by atoms with Gasteiger partial charge in [0, 0.05) is 0 Å². The van der Waals surface area contributed by atoms with Gasteiger partial charge in [0.2, 0.25) is 0 Å². The molecule has 0 bridgehead atoms. The Morgan fingerprint density at radius 2 is 1.69 bits per heavy atom. The molecule has 0 heterocycles. The summed E-state index contributed by atoms with van der Waals surface area (Å²) in [7, 11) is 2.03. The molecule has 0 aromatic rings. The molecule has 0 aliphatic rings. The molecule has 0 aliphatic carbocycles. The van der Waals surface area contributed by atoms with Crippen LogP contribution < -0.4 is 0 Å². The lowest BCUT2D eigenvalue weighted by Crippen LogP contribution is -2.30. The average Bonchev–Trinajstić information content (AvgIpc) is 2.28. The maximum Gasteiger partial charge on any atom is 0.320 e. The first-order valence-corrected chi connectivity index (χ1v) is 4.31. The van der Waals surface area contributed by atoms with Crippen molar-refractivity contribution < 1.29 is 27.8 Å². The van der Waals surface area contributed by atoms with Gasteiger partial charge in [-0.1, -0.05) is 0 Å². The normalized spacial score (nSPS) is 12.1. The Morgan fingerprint density at radius 1 is 1.25 bits per heavy atom. The third-order valence-corrected chi connectivity index (χ3v) is 1.93. The fourth-order valence-corrected chi connectivity index (χ4v) is 1.04. The zero-order valence-electron chi connectivity index (χ0n) is 8.78. The number of esters is 2. The van der Waals surface area contributed by atoms with E-state index in [1.807, 2.05) is 0 Å². The number of hydrogen-bond donors (Lipinski definition) is 0. The lowest BCUT2D eigenvalue weighted by atomic mass is 9.96. The molecule has 0 saturated heterocycles. The number of hydrogen-bond acceptors (Lipinski definition) is 5. The average molecular weight is 235 g/mol. The zero-order valence-corrected chi connectivity index (χ0v) is 8.78. The third kappa shape index (κ3) is 3.81. The molecule has 0 aromatic heterocycles. The van der Waals surface area contributed by atoms with E-state index in [2.05, 4.69) is 9.47 Å². The minimum absolute atomic E-state index is 0.618. The van der Waals surface area contributed by atoms with Gasteiger partial charge in [-0.2, -0.15) is 5.26 Å². The van der Waals surface area contributed by atoms with Crippen LogP contribution in [0.15, 0.2) is 0 Å². The molecule has 0 aromatic carbocycles. The number of nitrogens with zero attached hydrogens (tertiary/aromatic N) is 1. The first-order valence-electron chi connectivity index (χ1n) is 4.31. The summed E-state index contributed by atoms with van der Waals surface area (Å²) in [6, 6.07) is 1.32. The topological polar surface area (TPSA) is 76.4 Å². The van der Waals surface area contributed by atoms with E-state index >= 15 is 0 Å². The second kappa shape index (κ2) is 6.71. The van der Waals surface area contributed by atoms with Gasteiger partial charge in [-0.25, -0.2) is 8.78 Å². The Balaban J connectivity index is 4.73. The summed E-state index contributed by atoms with van der Waals surface area (Å²) in [6.07, 6.45) is -3.55. The molecule has 0 radical (unpaired) electrons. The van der Waals surface area contributed by atoms with Gasteiger partial charge in [0.25, 0.3) is 6.43 Å². The van der Waals surface area contributed by atoms with Crippen molar-refractivity contribution in [2.75, 3.05) is 14.2 Å².